The Balaban J connectivity index is 0.000000202. The maximum Gasteiger partial charge on any atom is -0.0391 e. The van der Waals surface area contributed by atoms with Gasteiger partial charge in [0.15, 0.2) is 0 Å². The Morgan fingerprint density at radius 1 is 0.750 bits per heavy atom. The quantitative estimate of drug-likeness (QED) is 0.578. The van der Waals surface area contributed by atoms with Crippen LogP contribution in [0.5, 0.6) is 0 Å². The minimum Gasteiger partial charge on any atom is -0.0625 e. The smallest absolute Gasteiger partial charge is 0.0391 e. The van der Waals surface area contributed by atoms with Gasteiger partial charge in [-0.15, -0.1) is 0 Å². The van der Waals surface area contributed by atoms with Crippen LogP contribution in [0, 0.1) is 23.7 Å². The molecule has 0 bridgehead atoms. The zero-order valence-corrected chi connectivity index (χ0v) is 9.72. The van der Waals surface area contributed by atoms with E-state index in [2.05, 4.69) is 41.5 Å². The molecule has 0 nitrogen and oxygen atoms in total. The molecule has 0 radical (unpaired) electrons. The lowest BCUT2D eigenvalue weighted by atomic mass is 10.0. The maximum atomic E-state index is 2.30. The van der Waals surface area contributed by atoms with Gasteiger partial charge in [-0.3, -0.25) is 0 Å². The average Bonchev–Trinajstić information content (AvgIpc) is 2.68. The van der Waals surface area contributed by atoms with E-state index in [0.717, 1.165) is 23.7 Å². The SMILES string of the molecule is CC(C)C(C)C.CC(C)C1CC1. The summed E-state index contributed by atoms with van der Waals surface area (Å²) >= 11 is 0. The predicted molar refractivity (Wildman–Crippen MR) is 57.2 cm³/mol. The van der Waals surface area contributed by atoms with E-state index in [1.807, 2.05) is 0 Å². The summed E-state index contributed by atoms with van der Waals surface area (Å²) in [5.41, 5.74) is 0. The molecular weight excluding hydrogens is 144 g/mol. The second-order valence-electron chi connectivity index (χ2n) is 5.07. The summed E-state index contributed by atoms with van der Waals surface area (Å²) in [5.74, 6) is 3.77. The topological polar surface area (TPSA) is 0 Å². The van der Waals surface area contributed by atoms with Gasteiger partial charge in [0, 0.05) is 0 Å². The van der Waals surface area contributed by atoms with Crippen LogP contribution in [0.4, 0.5) is 0 Å². The second-order valence-corrected chi connectivity index (χ2v) is 5.07. The second kappa shape index (κ2) is 5.61. The van der Waals surface area contributed by atoms with E-state index in [1.54, 1.807) is 0 Å². The summed E-state index contributed by atoms with van der Waals surface area (Å²) in [7, 11) is 0. The Morgan fingerprint density at radius 3 is 1.08 bits per heavy atom. The summed E-state index contributed by atoms with van der Waals surface area (Å²) < 4.78 is 0. The molecule has 1 aliphatic carbocycles. The third-order valence-electron chi connectivity index (χ3n) is 2.90. The number of hydrogen-bond acceptors (Lipinski definition) is 0. The van der Waals surface area contributed by atoms with Gasteiger partial charge in [-0.2, -0.15) is 0 Å². The molecule has 0 aromatic rings. The van der Waals surface area contributed by atoms with Gasteiger partial charge < -0.3 is 0 Å². The molecule has 0 heterocycles. The van der Waals surface area contributed by atoms with Crippen molar-refractivity contribution in [1.29, 1.82) is 0 Å². The summed E-state index contributed by atoms with van der Waals surface area (Å²) in [6.07, 6.45) is 3.00. The fourth-order valence-electron chi connectivity index (χ4n) is 0.763. The molecule has 1 saturated carbocycles. The summed E-state index contributed by atoms with van der Waals surface area (Å²) in [6.45, 7) is 13.6. The molecule has 1 fully saturated rings. The zero-order valence-electron chi connectivity index (χ0n) is 9.72. The van der Waals surface area contributed by atoms with Crippen LogP contribution in [0.3, 0.4) is 0 Å². The lowest BCUT2D eigenvalue weighted by Gasteiger charge is -2.05. The van der Waals surface area contributed by atoms with Gasteiger partial charge in [0.1, 0.15) is 0 Å². The maximum absolute atomic E-state index is 2.30. The highest BCUT2D eigenvalue weighted by Gasteiger charge is 2.23. The van der Waals surface area contributed by atoms with E-state index in [0.29, 0.717) is 0 Å². The lowest BCUT2D eigenvalue weighted by molar-refractivity contribution is 0.457. The highest BCUT2D eigenvalue weighted by atomic mass is 14.3. The van der Waals surface area contributed by atoms with E-state index in [9.17, 15) is 0 Å². The summed E-state index contributed by atoms with van der Waals surface area (Å²) in [5, 5.41) is 0. The standard InChI is InChI=1S/C6H12.C6H14/c1-5(2)6-3-4-6;1-5(2)6(3)4/h5-6H,3-4H2,1-2H3;5-6H,1-4H3. The monoisotopic (exact) mass is 170 g/mol. The normalized spacial score (nSPS) is 16.8. The number of hydrogen-bond donors (Lipinski definition) is 0. The van der Waals surface area contributed by atoms with Crippen molar-refractivity contribution in [2.75, 3.05) is 0 Å². The summed E-state index contributed by atoms with van der Waals surface area (Å²) in [6, 6.07) is 0. The van der Waals surface area contributed by atoms with Gasteiger partial charge in [-0.25, -0.2) is 0 Å². The Kier molecular flexibility index (Phi) is 5.61. The van der Waals surface area contributed by atoms with Gasteiger partial charge in [0.2, 0.25) is 0 Å². The molecule has 74 valence electrons. The van der Waals surface area contributed by atoms with Crippen molar-refractivity contribution in [3.05, 3.63) is 0 Å². The summed E-state index contributed by atoms with van der Waals surface area (Å²) in [4.78, 5) is 0. The van der Waals surface area contributed by atoms with Crippen LogP contribution in [0.15, 0.2) is 0 Å². The van der Waals surface area contributed by atoms with E-state index in [1.165, 1.54) is 12.8 Å². The van der Waals surface area contributed by atoms with Crippen molar-refractivity contribution in [2.45, 2.75) is 54.4 Å². The first-order chi connectivity index (χ1) is 5.45. The molecular formula is C12H26. The minimum atomic E-state index is 0.852. The first-order valence-corrected chi connectivity index (χ1v) is 5.45. The van der Waals surface area contributed by atoms with Crippen LogP contribution >= 0.6 is 0 Å². The predicted octanol–water partition coefficient (Wildman–Crippen LogP) is 4.35. The van der Waals surface area contributed by atoms with Crippen LogP contribution in [0.2, 0.25) is 0 Å². The molecule has 1 aliphatic rings. The fourth-order valence-corrected chi connectivity index (χ4v) is 0.763. The van der Waals surface area contributed by atoms with E-state index < -0.39 is 0 Å². The van der Waals surface area contributed by atoms with Gasteiger partial charge in [0.25, 0.3) is 0 Å². The van der Waals surface area contributed by atoms with Gasteiger partial charge in [-0.05, 0) is 36.5 Å². The van der Waals surface area contributed by atoms with E-state index in [4.69, 9.17) is 0 Å². The lowest BCUT2D eigenvalue weighted by Crippen LogP contribution is -1.95. The van der Waals surface area contributed by atoms with E-state index >= 15 is 0 Å². The van der Waals surface area contributed by atoms with Gasteiger partial charge in [0.05, 0.1) is 0 Å². The molecule has 0 unspecified atom stereocenters. The molecule has 1 rings (SSSR count). The first kappa shape index (κ1) is 12.0. The molecule has 0 aromatic heterocycles. The van der Waals surface area contributed by atoms with Gasteiger partial charge in [-0.1, -0.05) is 41.5 Å². The molecule has 0 aromatic carbocycles. The fraction of sp³-hybridized carbons (Fsp3) is 1.00. The Labute approximate surface area is 78.8 Å². The largest absolute Gasteiger partial charge is 0.0625 e. The molecule has 0 heteroatoms. The minimum absolute atomic E-state index is 0.852. The Hall–Kier alpha value is 0. The highest BCUT2D eigenvalue weighted by Crippen LogP contribution is 2.35. The van der Waals surface area contributed by atoms with Crippen molar-refractivity contribution in [2.24, 2.45) is 23.7 Å². The van der Waals surface area contributed by atoms with Crippen molar-refractivity contribution in [3.63, 3.8) is 0 Å². The van der Waals surface area contributed by atoms with Crippen molar-refractivity contribution in [3.8, 4) is 0 Å². The third-order valence-corrected chi connectivity index (χ3v) is 2.90. The number of rotatable bonds is 2. The van der Waals surface area contributed by atoms with E-state index in [-0.39, 0.29) is 0 Å². The molecule has 0 N–H and O–H groups in total. The average molecular weight is 170 g/mol. The van der Waals surface area contributed by atoms with Crippen LogP contribution in [-0.2, 0) is 0 Å². The molecule has 0 saturated heterocycles. The van der Waals surface area contributed by atoms with Crippen molar-refractivity contribution >= 4 is 0 Å². The molecule has 0 atom stereocenters. The molecule has 0 aliphatic heterocycles. The molecule has 0 spiro atoms. The third kappa shape index (κ3) is 6.69. The van der Waals surface area contributed by atoms with Crippen molar-refractivity contribution < 1.29 is 0 Å². The van der Waals surface area contributed by atoms with Crippen molar-refractivity contribution in [1.82, 2.24) is 0 Å². The Morgan fingerprint density at radius 2 is 1.08 bits per heavy atom. The van der Waals surface area contributed by atoms with Crippen LogP contribution in [0.25, 0.3) is 0 Å². The first-order valence-electron chi connectivity index (χ1n) is 5.45. The Bertz CT molecular complexity index is 82.3. The van der Waals surface area contributed by atoms with Gasteiger partial charge >= 0.3 is 0 Å². The van der Waals surface area contributed by atoms with Crippen LogP contribution in [0.1, 0.15) is 54.4 Å². The van der Waals surface area contributed by atoms with Crippen LogP contribution in [-0.4, -0.2) is 0 Å². The zero-order chi connectivity index (χ0) is 9.72. The molecule has 0 amide bonds. The molecule has 12 heavy (non-hydrogen) atoms. The van der Waals surface area contributed by atoms with Crippen LogP contribution < -0.4 is 0 Å². The highest BCUT2D eigenvalue weighted by molar-refractivity contribution is 4.75.